The molecular formula is C26H24ClN3O3. The van der Waals surface area contributed by atoms with Crippen LogP contribution in [-0.2, 0) is 4.79 Å². The number of amides is 1. The third-order valence-corrected chi connectivity index (χ3v) is 6.06. The molecule has 1 heterocycles. The van der Waals surface area contributed by atoms with Gasteiger partial charge in [-0.05, 0) is 86.8 Å². The minimum Gasteiger partial charge on any atom is -0.484 e. The molecule has 7 heteroatoms. The zero-order chi connectivity index (χ0) is 23.7. The number of nitrogens with zero attached hydrogens (tertiary/aromatic N) is 2. The van der Waals surface area contributed by atoms with Crippen molar-refractivity contribution in [3.63, 3.8) is 0 Å². The van der Waals surface area contributed by atoms with E-state index in [0.29, 0.717) is 38.9 Å². The highest BCUT2D eigenvalue weighted by atomic mass is 35.5. The van der Waals surface area contributed by atoms with E-state index in [1.165, 1.54) is 0 Å². The Kier molecular flexibility index (Phi) is 6.20. The zero-order valence-corrected chi connectivity index (χ0v) is 19.7. The SMILES string of the molecule is Cc1cc(-n2c(C)nc3ccccc3c2=O)ccc1NC(=O)COc1cc(C)c(Cl)c(C)c1. The van der Waals surface area contributed by atoms with Crippen molar-refractivity contribution in [2.45, 2.75) is 27.7 Å². The summed E-state index contributed by atoms with van der Waals surface area (Å²) in [5, 5.41) is 4.12. The molecule has 0 bridgehead atoms. The van der Waals surface area contributed by atoms with Crippen molar-refractivity contribution >= 4 is 34.1 Å². The summed E-state index contributed by atoms with van der Waals surface area (Å²) in [6, 6.07) is 16.3. The number of nitrogens with one attached hydrogen (secondary N) is 1. The number of anilines is 1. The Hall–Kier alpha value is -3.64. The number of hydrogen-bond donors (Lipinski definition) is 1. The number of carbonyl (C=O) groups is 1. The maximum Gasteiger partial charge on any atom is 0.265 e. The standard InChI is InChI=1S/C26H24ClN3O3/c1-15-11-19(30-18(4)28-23-8-6-5-7-21(23)26(30)32)9-10-22(15)29-24(31)14-33-20-12-16(2)25(27)17(3)13-20/h5-13H,14H2,1-4H3,(H,29,31). The number of aromatic nitrogens is 2. The molecule has 0 atom stereocenters. The molecule has 0 fully saturated rings. The van der Waals surface area contributed by atoms with Crippen LogP contribution in [0.5, 0.6) is 5.75 Å². The summed E-state index contributed by atoms with van der Waals surface area (Å²) in [7, 11) is 0. The van der Waals surface area contributed by atoms with Crippen LogP contribution in [-0.4, -0.2) is 22.1 Å². The Bertz CT molecular complexity index is 1420. The lowest BCUT2D eigenvalue weighted by molar-refractivity contribution is -0.118. The molecule has 0 unspecified atom stereocenters. The highest BCUT2D eigenvalue weighted by Crippen LogP contribution is 2.26. The Morgan fingerprint density at radius 3 is 2.39 bits per heavy atom. The molecule has 4 rings (SSSR count). The minimum atomic E-state index is -0.281. The third kappa shape index (κ3) is 4.61. The molecule has 0 radical (unpaired) electrons. The van der Waals surface area contributed by atoms with Gasteiger partial charge in [0.1, 0.15) is 11.6 Å². The minimum absolute atomic E-state index is 0.128. The molecule has 1 amide bonds. The van der Waals surface area contributed by atoms with Crippen molar-refractivity contribution in [1.82, 2.24) is 9.55 Å². The summed E-state index contributed by atoms with van der Waals surface area (Å²) in [4.78, 5) is 30.1. The number of para-hydroxylation sites is 1. The summed E-state index contributed by atoms with van der Waals surface area (Å²) < 4.78 is 7.22. The summed E-state index contributed by atoms with van der Waals surface area (Å²) in [6.07, 6.45) is 0. The average Bonchev–Trinajstić information content (AvgIpc) is 2.77. The van der Waals surface area contributed by atoms with E-state index in [9.17, 15) is 9.59 Å². The summed E-state index contributed by atoms with van der Waals surface area (Å²) in [6.45, 7) is 7.34. The fourth-order valence-corrected chi connectivity index (χ4v) is 3.91. The average molecular weight is 462 g/mol. The predicted molar refractivity (Wildman–Crippen MR) is 132 cm³/mol. The van der Waals surface area contributed by atoms with Crippen molar-refractivity contribution in [3.8, 4) is 11.4 Å². The van der Waals surface area contributed by atoms with Gasteiger partial charge in [-0.25, -0.2) is 4.98 Å². The fourth-order valence-electron chi connectivity index (χ4n) is 3.80. The first-order valence-corrected chi connectivity index (χ1v) is 10.9. The van der Waals surface area contributed by atoms with Crippen LogP contribution in [0.25, 0.3) is 16.6 Å². The molecule has 1 aromatic heterocycles. The van der Waals surface area contributed by atoms with Crippen LogP contribution in [0.1, 0.15) is 22.5 Å². The van der Waals surface area contributed by atoms with Gasteiger partial charge in [0.25, 0.3) is 11.5 Å². The summed E-state index contributed by atoms with van der Waals surface area (Å²) in [5.41, 5.74) is 4.49. The van der Waals surface area contributed by atoms with Crippen molar-refractivity contribution in [1.29, 1.82) is 0 Å². The van der Waals surface area contributed by atoms with E-state index in [1.807, 2.05) is 45.0 Å². The van der Waals surface area contributed by atoms with E-state index in [1.54, 1.807) is 41.8 Å². The van der Waals surface area contributed by atoms with Gasteiger partial charge in [-0.2, -0.15) is 0 Å². The van der Waals surface area contributed by atoms with Gasteiger partial charge in [-0.1, -0.05) is 23.7 Å². The van der Waals surface area contributed by atoms with E-state index in [2.05, 4.69) is 10.3 Å². The first-order chi connectivity index (χ1) is 15.7. The molecule has 1 N–H and O–H groups in total. The summed E-state index contributed by atoms with van der Waals surface area (Å²) >= 11 is 6.18. The van der Waals surface area contributed by atoms with Gasteiger partial charge in [0.2, 0.25) is 0 Å². The van der Waals surface area contributed by atoms with Crippen LogP contribution in [0.4, 0.5) is 5.69 Å². The van der Waals surface area contributed by atoms with Gasteiger partial charge in [0.05, 0.1) is 16.6 Å². The predicted octanol–water partition coefficient (Wildman–Crippen LogP) is 5.29. The lowest BCUT2D eigenvalue weighted by atomic mass is 10.1. The topological polar surface area (TPSA) is 73.2 Å². The molecule has 0 aliphatic carbocycles. The highest BCUT2D eigenvalue weighted by molar-refractivity contribution is 6.32. The molecule has 33 heavy (non-hydrogen) atoms. The fraction of sp³-hybridized carbons (Fsp3) is 0.192. The molecule has 4 aromatic rings. The van der Waals surface area contributed by atoms with Gasteiger partial charge in [-0.15, -0.1) is 0 Å². The van der Waals surface area contributed by atoms with E-state index in [4.69, 9.17) is 16.3 Å². The van der Waals surface area contributed by atoms with Gasteiger partial charge < -0.3 is 10.1 Å². The Balaban J connectivity index is 1.52. The smallest absolute Gasteiger partial charge is 0.265 e. The monoisotopic (exact) mass is 461 g/mol. The van der Waals surface area contributed by atoms with Gasteiger partial charge in [0, 0.05) is 10.7 Å². The van der Waals surface area contributed by atoms with Crippen molar-refractivity contribution in [2.75, 3.05) is 11.9 Å². The third-order valence-electron chi connectivity index (χ3n) is 5.47. The number of rotatable bonds is 5. The van der Waals surface area contributed by atoms with E-state index in [-0.39, 0.29) is 18.1 Å². The number of ether oxygens (including phenoxy) is 1. The van der Waals surface area contributed by atoms with Crippen molar-refractivity contribution < 1.29 is 9.53 Å². The molecule has 0 spiro atoms. The normalized spacial score (nSPS) is 10.9. The second-order valence-corrected chi connectivity index (χ2v) is 8.40. The first kappa shape index (κ1) is 22.6. The van der Waals surface area contributed by atoms with Gasteiger partial charge in [-0.3, -0.25) is 14.2 Å². The number of hydrogen-bond acceptors (Lipinski definition) is 4. The second-order valence-electron chi connectivity index (χ2n) is 8.02. The molecule has 6 nitrogen and oxygen atoms in total. The Labute approximate surface area is 196 Å². The molecule has 0 saturated heterocycles. The first-order valence-electron chi connectivity index (χ1n) is 10.5. The van der Waals surface area contributed by atoms with E-state index < -0.39 is 0 Å². The van der Waals surface area contributed by atoms with Gasteiger partial charge in [0.15, 0.2) is 6.61 Å². The van der Waals surface area contributed by atoms with Crippen LogP contribution >= 0.6 is 11.6 Å². The lowest BCUT2D eigenvalue weighted by Crippen LogP contribution is -2.23. The Morgan fingerprint density at radius 1 is 1.00 bits per heavy atom. The number of halogens is 1. The van der Waals surface area contributed by atoms with E-state index >= 15 is 0 Å². The Morgan fingerprint density at radius 2 is 1.70 bits per heavy atom. The quantitative estimate of drug-likeness (QED) is 0.438. The van der Waals surface area contributed by atoms with Crippen LogP contribution in [0.3, 0.4) is 0 Å². The number of fused-ring (bicyclic) bond motifs is 1. The molecule has 0 saturated carbocycles. The molecule has 0 aliphatic heterocycles. The molecule has 3 aromatic carbocycles. The van der Waals surface area contributed by atoms with Crippen LogP contribution in [0, 0.1) is 27.7 Å². The lowest BCUT2D eigenvalue weighted by Gasteiger charge is -2.14. The molecular weight excluding hydrogens is 438 g/mol. The maximum absolute atomic E-state index is 13.0. The number of aryl methyl sites for hydroxylation is 4. The van der Waals surface area contributed by atoms with Crippen LogP contribution in [0.2, 0.25) is 5.02 Å². The largest absolute Gasteiger partial charge is 0.484 e. The van der Waals surface area contributed by atoms with Crippen molar-refractivity contribution in [2.24, 2.45) is 0 Å². The van der Waals surface area contributed by atoms with Crippen molar-refractivity contribution in [3.05, 3.63) is 92.5 Å². The molecule has 168 valence electrons. The van der Waals surface area contributed by atoms with Gasteiger partial charge >= 0.3 is 0 Å². The zero-order valence-electron chi connectivity index (χ0n) is 18.9. The molecule has 0 aliphatic rings. The van der Waals surface area contributed by atoms with Crippen LogP contribution < -0.4 is 15.6 Å². The maximum atomic E-state index is 13.0. The summed E-state index contributed by atoms with van der Waals surface area (Å²) in [5.74, 6) is 0.906. The number of benzene rings is 3. The van der Waals surface area contributed by atoms with Crippen LogP contribution in [0.15, 0.2) is 59.4 Å². The number of carbonyl (C=O) groups excluding carboxylic acids is 1. The highest BCUT2D eigenvalue weighted by Gasteiger charge is 2.12. The second kappa shape index (κ2) is 9.08. The van der Waals surface area contributed by atoms with E-state index in [0.717, 1.165) is 16.7 Å².